The maximum Gasteiger partial charge on any atom is 0.250 e. The molecule has 0 radical (unpaired) electrons. The predicted molar refractivity (Wildman–Crippen MR) is 131 cm³/mol. The molecule has 164 valence electrons. The fraction of sp³-hybridized carbons (Fsp3) is 0.154. The Morgan fingerprint density at radius 1 is 1.09 bits per heavy atom. The molecule has 0 saturated heterocycles. The molecule has 0 unspecified atom stereocenters. The number of hydrogen-bond acceptors (Lipinski definition) is 5. The van der Waals surface area contributed by atoms with Crippen LogP contribution in [0.1, 0.15) is 5.69 Å². The van der Waals surface area contributed by atoms with Crippen LogP contribution >= 0.6 is 0 Å². The van der Waals surface area contributed by atoms with Gasteiger partial charge >= 0.3 is 0 Å². The molecule has 3 heterocycles. The lowest BCUT2D eigenvalue weighted by Gasteiger charge is -2.16. The lowest BCUT2D eigenvalue weighted by atomic mass is 10.0. The van der Waals surface area contributed by atoms with Crippen LogP contribution in [0.25, 0.3) is 33.3 Å². The van der Waals surface area contributed by atoms with Crippen molar-refractivity contribution in [1.82, 2.24) is 19.9 Å². The van der Waals surface area contributed by atoms with Gasteiger partial charge in [-0.3, -0.25) is 4.79 Å². The molecular formula is C26H24N6O. The van der Waals surface area contributed by atoms with E-state index < -0.39 is 0 Å². The van der Waals surface area contributed by atoms with Gasteiger partial charge in [0, 0.05) is 60.5 Å². The number of pyridine rings is 2. The van der Waals surface area contributed by atoms with E-state index in [2.05, 4.69) is 27.1 Å². The van der Waals surface area contributed by atoms with Gasteiger partial charge in [0.05, 0.1) is 0 Å². The zero-order valence-electron chi connectivity index (χ0n) is 18.8. The molecule has 0 bridgehead atoms. The van der Waals surface area contributed by atoms with Gasteiger partial charge in [0.15, 0.2) is 0 Å². The van der Waals surface area contributed by atoms with Crippen molar-refractivity contribution in [2.75, 3.05) is 32.6 Å². The molecular weight excluding hydrogens is 412 g/mol. The van der Waals surface area contributed by atoms with Crippen molar-refractivity contribution in [1.29, 1.82) is 5.26 Å². The van der Waals surface area contributed by atoms with Crippen LogP contribution in [0, 0.1) is 11.3 Å². The molecule has 0 fully saturated rings. The van der Waals surface area contributed by atoms with Crippen molar-refractivity contribution in [3.8, 4) is 28.3 Å². The van der Waals surface area contributed by atoms with E-state index >= 15 is 0 Å². The predicted octanol–water partition coefficient (Wildman–Crippen LogP) is 4.24. The molecule has 1 N–H and O–H groups in total. The molecule has 0 saturated carbocycles. The third-order valence-corrected chi connectivity index (χ3v) is 5.34. The molecule has 0 aliphatic rings. The highest BCUT2D eigenvalue weighted by Crippen LogP contribution is 2.32. The van der Waals surface area contributed by atoms with Crippen LogP contribution in [-0.4, -0.2) is 53.4 Å². The van der Waals surface area contributed by atoms with E-state index in [0.29, 0.717) is 12.2 Å². The number of fused-ring (bicyclic) bond motifs is 1. The number of benzene rings is 1. The number of amides is 1. The molecule has 0 spiro atoms. The summed E-state index contributed by atoms with van der Waals surface area (Å²) in [6, 6.07) is 15.6. The largest absolute Gasteiger partial charge is 0.346 e. The Bertz CT molecular complexity index is 1380. The molecule has 3 aromatic heterocycles. The number of hydrogen-bond donors (Lipinski definition) is 1. The second-order valence-corrected chi connectivity index (χ2v) is 7.98. The number of likely N-dealkylation sites (N-methyl/N-ethyl adjacent to an activating group) is 2. The highest BCUT2D eigenvalue weighted by molar-refractivity contribution is 6.01. The molecule has 0 aliphatic carbocycles. The summed E-state index contributed by atoms with van der Waals surface area (Å²) >= 11 is 0. The topological polar surface area (TPSA) is 88.9 Å². The van der Waals surface area contributed by atoms with Crippen LogP contribution in [0.15, 0.2) is 73.2 Å². The average Bonchev–Trinajstić information content (AvgIpc) is 3.26. The quantitative estimate of drug-likeness (QED) is 0.457. The number of aromatic nitrogens is 3. The van der Waals surface area contributed by atoms with Crippen LogP contribution in [0.4, 0.5) is 5.69 Å². The van der Waals surface area contributed by atoms with Crippen LogP contribution in [-0.2, 0) is 4.79 Å². The van der Waals surface area contributed by atoms with Crippen molar-refractivity contribution < 1.29 is 4.79 Å². The fourth-order valence-electron chi connectivity index (χ4n) is 3.56. The molecule has 1 amide bonds. The third-order valence-electron chi connectivity index (χ3n) is 5.34. The molecule has 0 atom stereocenters. The zero-order valence-corrected chi connectivity index (χ0v) is 18.8. The van der Waals surface area contributed by atoms with Crippen LogP contribution < -0.4 is 4.90 Å². The van der Waals surface area contributed by atoms with Gasteiger partial charge in [-0.25, -0.2) is 9.97 Å². The van der Waals surface area contributed by atoms with E-state index in [1.54, 1.807) is 30.3 Å². The summed E-state index contributed by atoms with van der Waals surface area (Å²) in [6.07, 6.45) is 8.78. The number of anilines is 1. The van der Waals surface area contributed by atoms with E-state index in [1.165, 1.54) is 0 Å². The number of rotatable bonds is 6. The molecule has 0 aliphatic heterocycles. The number of H-pyrrole nitrogens is 1. The maximum absolute atomic E-state index is 12.5. The number of nitrogens with zero attached hydrogens (tertiary/aromatic N) is 5. The van der Waals surface area contributed by atoms with Crippen molar-refractivity contribution in [3.63, 3.8) is 0 Å². The Morgan fingerprint density at radius 2 is 1.94 bits per heavy atom. The van der Waals surface area contributed by atoms with Crippen LogP contribution in [0.2, 0.25) is 0 Å². The molecule has 4 aromatic rings. The smallest absolute Gasteiger partial charge is 0.250 e. The van der Waals surface area contributed by atoms with Crippen LogP contribution in [0.3, 0.4) is 0 Å². The zero-order chi connectivity index (χ0) is 23.4. The summed E-state index contributed by atoms with van der Waals surface area (Å²) < 4.78 is 0. The monoisotopic (exact) mass is 436 g/mol. The van der Waals surface area contributed by atoms with Gasteiger partial charge in [0.1, 0.15) is 17.4 Å². The Kier molecular flexibility index (Phi) is 6.29. The molecule has 7 heteroatoms. The number of nitrogens with one attached hydrogen (secondary N) is 1. The number of carbonyl (C=O) groups excluding carboxylic acids is 1. The normalized spacial score (nSPS) is 11.2. The minimum absolute atomic E-state index is 0.0820. The van der Waals surface area contributed by atoms with Crippen molar-refractivity contribution in [2.24, 2.45) is 0 Å². The molecule has 1 aromatic carbocycles. The third kappa shape index (κ3) is 4.81. The van der Waals surface area contributed by atoms with Gasteiger partial charge in [-0.15, -0.1) is 0 Å². The highest BCUT2D eigenvalue weighted by atomic mass is 16.2. The lowest BCUT2D eigenvalue weighted by molar-refractivity contribution is -0.113. The van der Waals surface area contributed by atoms with Gasteiger partial charge < -0.3 is 14.8 Å². The van der Waals surface area contributed by atoms with E-state index in [1.807, 2.05) is 67.8 Å². The summed E-state index contributed by atoms with van der Waals surface area (Å²) in [5, 5.41) is 10.1. The van der Waals surface area contributed by atoms with Crippen molar-refractivity contribution in [2.45, 2.75) is 0 Å². The van der Waals surface area contributed by atoms with E-state index in [0.717, 1.165) is 39.0 Å². The Labute approximate surface area is 192 Å². The van der Waals surface area contributed by atoms with Crippen molar-refractivity contribution in [3.05, 3.63) is 78.9 Å². The van der Waals surface area contributed by atoms with E-state index in [-0.39, 0.29) is 5.91 Å². The first-order valence-corrected chi connectivity index (χ1v) is 10.5. The van der Waals surface area contributed by atoms with Gasteiger partial charge in [-0.2, -0.15) is 5.26 Å². The number of carbonyl (C=O) groups is 1. The average molecular weight is 437 g/mol. The van der Waals surface area contributed by atoms with Gasteiger partial charge in [0.2, 0.25) is 5.91 Å². The molecule has 7 nitrogen and oxygen atoms in total. The first-order chi connectivity index (χ1) is 16.0. The first-order valence-electron chi connectivity index (χ1n) is 10.5. The SMILES string of the molecule is CN(C)C/C=C/C(=O)N(C)c1cccc(-c2cnc3[nH]cc(-c4ccnc(C#N)c4)c3c2)c1. The van der Waals surface area contributed by atoms with Crippen LogP contribution in [0.5, 0.6) is 0 Å². The summed E-state index contributed by atoms with van der Waals surface area (Å²) in [5.74, 6) is -0.0820. The lowest BCUT2D eigenvalue weighted by Crippen LogP contribution is -2.24. The van der Waals surface area contributed by atoms with Gasteiger partial charge in [-0.1, -0.05) is 18.2 Å². The summed E-state index contributed by atoms with van der Waals surface area (Å²) in [6.45, 7) is 0.706. The first kappa shape index (κ1) is 21.9. The van der Waals surface area contributed by atoms with Gasteiger partial charge in [-0.05, 0) is 55.6 Å². The molecule has 33 heavy (non-hydrogen) atoms. The Morgan fingerprint density at radius 3 is 2.73 bits per heavy atom. The second-order valence-electron chi connectivity index (χ2n) is 7.98. The second kappa shape index (κ2) is 9.47. The number of nitriles is 1. The highest BCUT2D eigenvalue weighted by Gasteiger charge is 2.12. The minimum atomic E-state index is -0.0820. The number of aromatic amines is 1. The van der Waals surface area contributed by atoms with Gasteiger partial charge in [0.25, 0.3) is 0 Å². The summed E-state index contributed by atoms with van der Waals surface area (Å²) in [4.78, 5) is 28.0. The van der Waals surface area contributed by atoms with E-state index in [4.69, 9.17) is 0 Å². The standard InChI is InChI=1S/C26H24N6O/c1-31(2)11-5-8-25(33)32(3)22-7-4-6-18(13-22)20-14-23-24(17-30-26(23)29-16-20)19-9-10-28-21(12-19)15-27/h4-10,12-14,16-17H,11H2,1-3H3,(H,29,30)/b8-5+. The fourth-order valence-corrected chi connectivity index (χ4v) is 3.56. The summed E-state index contributed by atoms with van der Waals surface area (Å²) in [7, 11) is 5.68. The Hall–Kier alpha value is -4.28. The maximum atomic E-state index is 12.5. The molecule has 4 rings (SSSR count). The minimum Gasteiger partial charge on any atom is -0.346 e. The summed E-state index contributed by atoms with van der Waals surface area (Å²) in [5.41, 5.74) is 5.67. The Balaban J connectivity index is 1.66. The van der Waals surface area contributed by atoms with Crippen molar-refractivity contribution >= 4 is 22.6 Å². The van der Waals surface area contributed by atoms with E-state index in [9.17, 15) is 10.1 Å².